The molecule has 30 heavy (non-hydrogen) atoms. The average molecular weight is 433 g/mol. The van der Waals surface area contributed by atoms with E-state index in [9.17, 15) is 9.59 Å². The maximum atomic E-state index is 12.1. The van der Waals surface area contributed by atoms with E-state index >= 15 is 0 Å². The number of nitrogens with two attached hydrogens (primary N) is 1. The first-order valence-corrected chi connectivity index (χ1v) is 11.3. The quantitative estimate of drug-likeness (QED) is 0.429. The van der Waals surface area contributed by atoms with Crippen LogP contribution in [0.2, 0.25) is 0 Å². The van der Waals surface area contributed by atoms with Crippen molar-refractivity contribution in [1.29, 1.82) is 0 Å². The van der Waals surface area contributed by atoms with Crippen LogP contribution in [-0.2, 0) is 16.1 Å². The molecule has 1 aliphatic carbocycles. The minimum Gasteiger partial charge on any atom is -0.382 e. The summed E-state index contributed by atoms with van der Waals surface area (Å²) in [6.07, 6.45) is 2.15. The summed E-state index contributed by atoms with van der Waals surface area (Å²) in [5, 5.41) is 7.61. The predicted octanol–water partition coefficient (Wildman–Crippen LogP) is 2.02. The number of hydrogen-bond donors (Lipinski definition) is 3. The van der Waals surface area contributed by atoms with Crippen molar-refractivity contribution >= 4 is 40.2 Å². The van der Waals surface area contributed by atoms with E-state index in [-0.39, 0.29) is 41.1 Å². The molecule has 2 unspecified atom stereocenters. The van der Waals surface area contributed by atoms with Gasteiger partial charge in [-0.3, -0.25) is 9.59 Å². The highest BCUT2D eigenvalue weighted by molar-refractivity contribution is 7.99. The molecule has 2 atom stereocenters. The number of nitrogens with zero attached hydrogens (tertiary/aromatic N) is 3. The summed E-state index contributed by atoms with van der Waals surface area (Å²) in [6.45, 7) is 11.8. The molecule has 2 aromatic rings. The normalized spacial score (nSPS) is 20.3. The van der Waals surface area contributed by atoms with Crippen molar-refractivity contribution in [2.75, 3.05) is 25.4 Å². The highest BCUT2D eigenvalue weighted by Crippen LogP contribution is 2.34. The Labute approximate surface area is 181 Å². The highest BCUT2D eigenvalue weighted by Gasteiger charge is 2.36. The molecule has 164 valence electrons. The molecule has 2 aromatic heterocycles. The number of pyridine rings is 1. The third-order valence-electron chi connectivity index (χ3n) is 5.10. The van der Waals surface area contributed by atoms with E-state index in [1.54, 1.807) is 18.0 Å². The highest BCUT2D eigenvalue weighted by atomic mass is 32.2. The standard InChI is InChI=1S/C21H32N6O2S/c1-5-24-13-10-15(28)16(29)11-17(13)30-20-26-18-14(6-7-25-19(18)22)27(20)9-8-23-12-21(2,3)4/h6-7,13,17,23-24H,5,8-12H2,1-4H3,(H2,22,25). The van der Waals surface area contributed by atoms with E-state index in [4.69, 9.17) is 10.7 Å². The molecule has 0 radical (unpaired) electrons. The topological polar surface area (TPSA) is 115 Å². The smallest absolute Gasteiger partial charge is 0.200 e. The zero-order valence-electron chi connectivity index (χ0n) is 18.2. The summed E-state index contributed by atoms with van der Waals surface area (Å²) in [5.41, 5.74) is 7.89. The maximum Gasteiger partial charge on any atom is 0.200 e. The first-order chi connectivity index (χ1) is 14.2. The number of rotatable bonds is 8. The molecule has 1 fully saturated rings. The SMILES string of the molecule is CCNC1CC(=O)C(=O)CC1Sc1nc2c(N)nccc2n1CCNCC(C)(C)C. The van der Waals surface area contributed by atoms with E-state index in [0.717, 1.165) is 36.9 Å². The summed E-state index contributed by atoms with van der Waals surface area (Å²) in [6, 6.07) is 1.87. The summed E-state index contributed by atoms with van der Waals surface area (Å²) in [7, 11) is 0. The van der Waals surface area contributed by atoms with Crippen LogP contribution in [0.25, 0.3) is 11.0 Å². The van der Waals surface area contributed by atoms with Crippen molar-refractivity contribution < 1.29 is 9.59 Å². The molecule has 2 heterocycles. The van der Waals surface area contributed by atoms with Gasteiger partial charge in [-0.05, 0) is 18.0 Å². The van der Waals surface area contributed by atoms with Gasteiger partial charge in [-0.1, -0.05) is 39.5 Å². The molecule has 0 aliphatic heterocycles. The molecule has 4 N–H and O–H groups in total. The summed E-state index contributed by atoms with van der Waals surface area (Å²) in [4.78, 5) is 33.0. The second kappa shape index (κ2) is 9.45. The number of thioether (sulfide) groups is 1. The van der Waals surface area contributed by atoms with Gasteiger partial charge in [0, 0.05) is 50.0 Å². The van der Waals surface area contributed by atoms with Gasteiger partial charge in [0.15, 0.2) is 22.5 Å². The largest absolute Gasteiger partial charge is 0.382 e. The van der Waals surface area contributed by atoms with Crippen LogP contribution in [0.3, 0.4) is 0 Å². The fourth-order valence-electron chi connectivity index (χ4n) is 3.62. The number of anilines is 1. The number of Topliss-reactive ketones (excluding diaryl/α,β-unsaturated/α-hetero) is 2. The zero-order valence-corrected chi connectivity index (χ0v) is 19.0. The first-order valence-electron chi connectivity index (χ1n) is 10.5. The van der Waals surface area contributed by atoms with Crippen molar-refractivity contribution in [2.24, 2.45) is 5.41 Å². The van der Waals surface area contributed by atoms with Crippen LogP contribution in [0.4, 0.5) is 5.82 Å². The summed E-state index contributed by atoms with van der Waals surface area (Å²) in [5.74, 6) is -0.183. The molecule has 1 aliphatic rings. The van der Waals surface area contributed by atoms with Crippen LogP contribution >= 0.6 is 11.8 Å². The number of imidazole rings is 1. The van der Waals surface area contributed by atoms with Crippen molar-refractivity contribution in [3.63, 3.8) is 0 Å². The minimum absolute atomic E-state index is 0.0482. The van der Waals surface area contributed by atoms with Crippen molar-refractivity contribution in [3.05, 3.63) is 12.3 Å². The molecule has 3 rings (SSSR count). The lowest BCUT2D eigenvalue weighted by Crippen LogP contribution is -2.46. The van der Waals surface area contributed by atoms with Crippen LogP contribution in [-0.4, -0.2) is 57.0 Å². The molecular weight excluding hydrogens is 400 g/mol. The van der Waals surface area contributed by atoms with E-state index in [1.807, 2.05) is 13.0 Å². The predicted molar refractivity (Wildman–Crippen MR) is 121 cm³/mol. The Morgan fingerprint density at radius 1 is 1.27 bits per heavy atom. The van der Waals surface area contributed by atoms with Gasteiger partial charge in [0.05, 0.1) is 5.52 Å². The third-order valence-corrected chi connectivity index (χ3v) is 6.42. The lowest BCUT2D eigenvalue weighted by molar-refractivity contribution is -0.138. The first kappa shape index (κ1) is 22.7. The van der Waals surface area contributed by atoms with Gasteiger partial charge in [-0.2, -0.15) is 0 Å². The molecule has 1 saturated carbocycles. The van der Waals surface area contributed by atoms with E-state index < -0.39 is 0 Å². The van der Waals surface area contributed by atoms with Gasteiger partial charge in [-0.15, -0.1) is 0 Å². The molecule has 0 saturated heterocycles. The van der Waals surface area contributed by atoms with Crippen molar-refractivity contribution in [1.82, 2.24) is 25.2 Å². The summed E-state index contributed by atoms with van der Waals surface area (Å²) < 4.78 is 2.14. The molecule has 0 spiro atoms. The number of nitrogen functional groups attached to an aromatic ring is 1. The lowest BCUT2D eigenvalue weighted by Gasteiger charge is -2.29. The van der Waals surface area contributed by atoms with Crippen LogP contribution < -0.4 is 16.4 Å². The number of nitrogens with one attached hydrogen (secondary N) is 2. The Morgan fingerprint density at radius 2 is 2.00 bits per heavy atom. The second-order valence-electron chi connectivity index (χ2n) is 8.92. The number of hydrogen-bond acceptors (Lipinski definition) is 8. The molecule has 0 bridgehead atoms. The van der Waals surface area contributed by atoms with E-state index in [2.05, 4.69) is 41.0 Å². The van der Waals surface area contributed by atoms with Crippen LogP contribution in [0, 0.1) is 5.41 Å². The van der Waals surface area contributed by atoms with E-state index in [0.29, 0.717) is 11.3 Å². The second-order valence-corrected chi connectivity index (χ2v) is 10.1. The Kier molecular flexibility index (Phi) is 7.15. The fourth-order valence-corrected chi connectivity index (χ4v) is 4.94. The Balaban J connectivity index is 1.85. The van der Waals surface area contributed by atoms with Crippen LogP contribution in [0.1, 0.15) is 40.5 Å². The molecule has 0 aromatic carbocycles. The van der Waals surface area contributed by atoms with Gasteiger partial charge in [0.1, 0.15) is 5.52 Å². The van der Waals surface area contributed by atoms with Crippen molar-refractivity contribution in [3.8, 4) is 0 Å². The third kappa shape index (κ3) is 5.39. The average Bonchev–Trinajstić information content (AvgIpc) is 3.01. The fraction of sp³-hybridized carbons (Fsp3) is 0.619. The molecule has 9 heteroatoms. The minimum atomic E-state index is -0.294. The van der Waals surface area contributed by atoms with Gasteiger partial charge in [-0.25, -0.2) is 9.97 Å². The number of carbonyl (C=O) groups is 2. The zero-order chi connectivity index (χ0) is 21.9. The molecule has 0 amide bonds. The lowest BCUT2D eigenvalue weighted by atomic mass is 9.92. The number of carbonyl (C=O) groups excluding carboxylic acids is 2. The van der Waals surface area contributed by atoms with Crippen molar-refractivity contribution in [2.45, 2.75) is 63.5 Å². The molecular formula is C21H32N6O2S. The van der Waals surface area contributed by atoms with Gasteiger partial charge < -0.3 is 20.9 Å². The molecule has 8 nitrogen and oxygen atoms in total. The van der Waals surface area contributed by atoms with Crippen LogP contribution in [0.15, 0.2) is 17.4 Å². The Hall–Kier alpha value is -1.97. The maximum absolute atomic E-state index is 12.1. The Morgan fingerprint density at radius 3 is 2.70 bits per heavy atom. The van der Waals surface area contributed by atoms with Crippen LogP contribution in [0.5, 0.6) is 0 Å². The number of aromatic nitrogens is 3. The van der Waals surface area contributed by atoms with Gasteiger partial charge in [0.2, 0.25) is 0 Å². The van der Waals surface area contributed by atoms with Gasteiger partial charge in [0.25, 0.3) is 0 Å². The Bertz CT molecular complexity index is 920. The number of fused-ring (bicyclic) bond motifs is 1. The number of ketones is 2. The van der Waals surface area contributed by atoms with Gasteiger partial charge >= 0.3 is 0 Å². The van der Waals surface area contributed by atoms with E-state index in [1.165, 1.54) is 0 Å². The summed E-state index contributed by atoms with van der Waals surface area (Å²) >= 11 is 1.55. The monoisotopic (exact) mass is 432 g/mol.